The Morgan fingerprint density at radius 2 is 1.85 bits per heavy atom. The summed E-state index contributed by atoms with van der Waals surface area (Å²) in [6.45, 7) is 4.84. The maximum Gasteiger partial charge on any atom is 0.420 e. The number of aromatic nitrogens is 2. The van der Waals surface area contributed by atoms with Crippen molar-refractivity contribution in [1.29, 1.82) is 0 Å². The molecule has 0 saturated carbocycles. The molecule has 2 aliphatic heterocycles. The molecule has 2 saturated heterocycles. The molecule has 0 radical (unpaired) electrons. The zero-order chi connectivity index (χ0) is 27.2. The van der Waals surface area contributed by atoms with Crippen molar-refractivity contribution < 1.29 is 23.7 Å². The van der Waals surface area contributed by atoms with Gasteiger partial charge in [0.2, 0.25) is 5.95 Å². The highest BCUT2D eigenvalue weighted by atomic mass is 16.6. The van der Waals surface area contributed by atoms with Crippen LogP contribution in [0, 0.1) is 0 Å². The lowest BCUT2D eigenvalue weighted by molar-refractivity contribution is 0.0898. The predicted molar refractivity (Wildman–Crippen MR) is 149 cm³/mol. The molecule has 0 bridgehead atoms. The molecular formula is C28H34N6O5. The summed E-state index contributed by atoms with van der Waals surface area (Å²) < 4.78 is 22.1. The Hall–Kier alpha value is -4.09. The second-order valence-corrected chi connectivity index (χ2v) is 9.44. The average Bonchev–Trinajstić information content (AvgIpc) is 3.47. The van der Waals surface area contributed by atoms with Gasteiger partial charge in [0.05, 0.1) is 38.8 Å². The van der Waals surface area contributed by atoms with Crippen molar-refractivity contribution in [2.45, 2.75) is 12.5 Å². The number of likely N-dealkylation sites (N-methyl/N-ethyl adjacent to an activating group) is 1. The van der Waals surface area contributed by atoms with Gasteiger partial charge in [-0.25, -0.2) is 14.7 Å². The Morgan fingerprint density at radius 1 is 1.05 bits per heavy atom. The first-order valence-electron chi connectivity index (χ1n) is 13.0. The van der Waals surface area contributed by atoms with E-state index in [1.165, 1.54) is 4.90 Å². The summed E-state index contributed by atoms with van der Waals surface area (Å²) in [7, 11) is 5.40. The minimum atomic E-state index is -0.543. The number of hydrogen-bond donors (Lipinski definition) is 1. The third kappa shape index (κ3) is 6.32. The third-order valence-corrected chi connectivity index (χ3v) is 6.82. The van der Waals surface area contributed by atoms with Gasteiger partial charge in [-0.3, -0.25) is 0 Å². The number of amides is 1. The molecule has 2 aromatic carbocycles. The van der Waals surface area contributed by atoms with Crippen molar-refractivity contribution in [1.82, 2.24) is 14.9 Å². The molecule has 2 aliphatic rings. The molecule has 2 fully saturated rings. The Kier molecular flexibility index (Phi) is 8.28. The second kappa shape index (κ2) is 12.2. The first-order chi connectivity index (χ1) is 19.0. The van der Waals surface area contributed by atoms with Gasteiger partial charge in [0.15, 0.2) is 0 Å². The van der Waals surface area contributed by atoms with Gasteiger partial charge in [0, 0.05) is 56.6 Å². The number of nitrogens with one attached hydrogen (secondary N) is 1. The van der Waals surface area contributed by atoms with E-state index in [0.717, 1.165) is 43.3 Å². The van der Waals surface area contributed by atoms with E-state index in [-0.39, 0.29) is 6.10 Å². The van der Waals surface area contributed by atoms with Crippen LogP contribution >= 0.6 is 0 Å². The van der Waals surface area contributed by atoms with Crippen molar-refractivity contribution >= 4 is 34.9 Å². The highest BCUT2D eigenvalue weighted by Gasteiger charge is 2.27. The monoisotopic (exact) mass is 534 g/mol. The van der Waals surface area contributed by atoms with Gasteiger partial charge < -0.3 is 34.1 Å². The summed E-state index contributed by atoms with van der Waals surface area (Å²) >= 11 is 0. The maximum atomic E-state index is 13.3. The van der Waals surface area contributed by atoms with E-state index in [9.17, 15) is 4.79 Å². The molecule has 1 amide bonds. The zero-order valence-corrected chi connectivity index (χ0v) is 22.5. The van der Waals surface area contributed by atoms with E-state index >= 15 is 0 Å². The zero-order valence-electron chi connectivity index (χ0n) is 22.5. The van der Waals surface area contributed by atoms with Crippen molar-refractivity contribution in [3.05, 3.63) is 54.7 Å². The van der Waals surface area contributed by atoms with Gasteiger partial charge in [-0.1, -0.05) is 0 Å². The molecule has 39 heavy (non-hydrogen) atoms. The largest absolute Gasteiger partial charge is 0.497 e. The number of nitrogens with zero attached hydrogens (tertiary/aromatic N) is 5. The molecule has 11 heteroatoms. The second-order valence-electron chi connectivity index (χ2n) is 9.44. The Bertz CT molecular complexity index is 1260. The van der Waals surface area contributed by atoms with E-state index < -0.39 is 6.09 Å². The Labute approximate surface area is 228 Å². The summed E-state index contributed by atoms with van der Waals surface area (Å²) in [6, 6.07) is 14.7. The van der Waals surface area contributed by atoms with Crippen LogP contribution in [0.5, 0.6) is 11.5 Å². The topological polar surface area (TPSA) is 102 Å². The van der Waals surface area contributed by atoms with Gasteiger partial charge >= 0.3 is 6.09 Å². The van der Waals surface area contributed by atoms with E-state index in [2.05, 4.69) is 32.1 Å². The van der Waals surface area contributed by atoms with Crippen LogP contribution in [-0.4, -0.2) is 87.7 Å². The van der Waals surface area contributed by atoms with Crippen molar-refractivity contribution in [2.24, 2.45) is 0 Å². The Morgan fingerprint density at radius 3 is 2.54 bits per heavy atom. The van der Waals surface area contributed by atoms with E-state index in [1.807, 2.05) is 18.2 Å². The van der Waals surface area contributed by atoms with Crippen LogP contribution in [0.3, 0.4) is 0 Å². The van der Waals surface area contributed by atoms with Gasteiger partial charge in [0.1, 0.15) is 23.4 Å². The van der Waals surface area contributed by atoms with Crippen LogP contribution < -0.4 is 24.6 Å². The predicted octanol–water partition coefficient (Wildman–Crippen LogP) is 4.05. The number of methoxy groups -OCH3 is 2. The summed E-state index contributed by atoms with van der Waals surface area (Å²) in [5.41, 5.74) is 2.40. The van der Waals surface area contributed by atoms with E-state index in [0.29, 0.717) is 42.8 Å². The van der Waals surface area contributed by atoms with Crippen molar-refractivity contribution in [2.75, 3.05) is 75.8 Å². The standard InChI is InChI=1S/C28H34N6O5/c1-32-13-15-33(16-14-32)24-9-4-20(18-25(24)37-3)30-27-29-12-10-26(31-27)34(21-5-7-22(36-2)8-6-21)28(35)39-23-11-17-38-19-23/h4-10,12,18,23H,11,13-17,19H2,1-3H3,(H,29,30,31)/t23-/m0/s1. The van der Waals surface area contributed by atoms with Crippen molar-refractivity contribution in [3.63, 3.8) is 0 Å². The van der Waals surface area contributed by atoms with Crippen molar-refractivity contribution in [3.8, 4) is 11.5 Å². The maximum absolute atomic E-state index is 13.3. The molecule has 0 spiro atoms. The lowest BCUT2D eigenvalue weighted by Crippen LogP contribution is -2.44. The van der Waals surface area contributed by atoms with Crippen LogP contribution in [-0.2, 0) is 9.47 Å². The number of anilines is 5. The first kappa shape index (κ1) is 26.5. The molecule has 3 heterocycles. The molecular weight excluding hydrogens is 500 g/mol. The minimum Gasteiger partial charge on any atom is -0.497 e. The highest BCUT2D eigenvalue weighted by molar-refractivity contribution is 5.95. The molecule has 0 aliphatic carbocycles. The van der Waals surface area contributed by atoms with Gasteiger partial charge in [-0.15, -0.1) is 0 Å². The normalized spacial score (nSPS) is 17.5. The van der Waals surface area contributed by atoms with Crippen LogP contribution in [0.1, 0.15) is 6.42 Å². The number of rotatable bonds is 8. The molecule has 0 unspecified atom stereocenters. The van der Waals surface area contributed by atoms with Crippen LogP contribution in [0.25, 0.3) is 0 Å². The summed E-state index contributed by atoms with van der Waals surface area (Å²) in [5.74, 6) is 2.14. The average molecular weight is 535 g/mol. The molecule has 206 valence electrons. The lowest BCUT2D eigenvalue weighted by Gasteiger charge is -2.34. The summed E-state index contributed by atoms with van der Waals surface area (Å²) in [5, 5.41) is 3.25. The molecule has 11 nitrogen and oxygen atoms in total. The number of benzene rings is 2. The van der Waals surface area contributed by atoms with Gasteiger partial charge in [-0.05, 0) is 43.4 Å². The van der Waals surface area contributed by atoms with Crippen LogP contribution in [0.2, 0.25) is 0 Å². The SMILES string of the molecule is COc1ccc(N(C(=O)O[C@H]2CCOC2)c2ccnc(Nc3ccc(N4CCN(C)CC4)c(OC)c3)n2)cc1. The fourth-order valence-electron chi connectivity index (χ4n) is 4.59. The summed E-state index contributed by atoms with van der Waals surface area (Å²) in [6.07, 6.45) is 1.41. The first-order valence-corrected chi connectivity index (χ1v) is 13.0. The number of hydrogen-bond acceptors (Lipinski definition) is 10. The fourth-order valence-corrected chi connectivity index (χ4v) is 4.59. The molecule has 1 N–H and O–H groups in total. The van der Waals surface area contributed by atoms with Crippen LogP contribution in [0.4, 0.5) is 33.6 Å². The van der Waals surface area contributed by atoms with Crippen LogP contribution in [0.15, 0.2) is 54.7 Å². The Balaban J connectivity index is 1.38. The van der Waals surface area contributed by atoms with E-state index in [4.69, 9.17) is 18.9 Å². The quantitative estimate of drug-likeness (QED) is 0.455. The minimum absolute atomic E-state index is 0.302. The molecule has 3 aromatic rings. The number of carbonyl (C=O) groups is 1. The highest BCUT2D eigenvalue weighted by Crippen LogP contribution is 2.33. The lowest BCUT2D eigenvalue weighted by atomic mass is 10.2. The van der Waals surface area contributed by atoms with Gasteiger partial charge in [0.25, 0.3) is 0 Å². The molecule has 1 atom stereocenters. The van der Waals surface area contributed by atoms with E-state index in [1.54, 1.807) is 50.7 Å². The number of piperazine rings is 1. The van der Waals surface area contributed by atoms with Gasteiger partial charge in [-0.2, -0.15) is 4.98 Å². The summed E-state index contributed by atoms with van der Waals surface area (Å²) in [4.78, 5) is 28.4. The smallest absolute Gasteiger partial charge is 0.420 e. The third-order valence-electron chi connectivity index (χ3n) is 6.82. The fraction of sp³-hybridized carbons (Fsp3) is 0.393. The molecule has 5 rings (SSSR count). The number of ether oxygens (including phenoxy) is 4. The number of carbonyl (C=O) groups excluding carboxylic acids is 1. The molecule has 1 aromatic heterocycles.